The number of carbonyl (C=O) groups is 2. The van der Waals surface area contributed by atoms with Crippen molar-refractivity contribution in [3.8, 4) is 0 Å². The molecule has 0 aliphatic heterocycles. The number of hydrogen-bond acceptors (Lipinski definition) is 3. The van der Waals surface area contributed by atoms with Crippen molar-refractivity contribution >= 4 is 17.7 Å². The Bertz CT molecular complexity index is 477. The van der Waals surface area contributed by atoms with Crippen LogP contribution in [0.2, 0.25) is 0 Å². The molecule has 1 rings (SSSR count). The topological polar surface area (TPSA) is 107 Å². The summed E-state index contributed by atoms with van der Waals surface area (Å²) < 4.78 is 0. The molecule has 1 unspecified atom stereocenters. The second kappa shape index (κ2) is 7.66. The van der Waals surface area contributed by atoms with Crippen molar-refractivity contribution in [1.82, 2.24) is 15.5 Å². The molecule has 0 saturated carbocycles. The summed E-state index contributed by atoms with van der Waals surface area (Å²) in [4.78, 5) is 22.7. The first kappa shape index (κ1) is 17.0. The number of amides is 2. The summed E-state index contributed by atoms with van der Waals surface area (Å²) in [6.07, 6.45) is 0.818. The molecule has 1 heterocycles. The number of aromatic nitrogens is 2. The molecular weight excluding hydrogens is 272 g/mol. The maximum atomic E-state index is 11.9. The summed E-state index contributed by atoms with van der Waals surface area (Å²) >= 11 is 0. The highest BCUT2D eigenvalue weighted by molar-refractivity contribution is 5.90. The predicted molar refractivity (Wildman–Crippen MR) is 80.3 cm³/mol. The van der Waals surface area contributed by atoms with Gasteiger partial charge in [0.25, 0.3) is 0 Å². The zero-order valence-corrected chi connectivity index (χ0v) is 13.0. The largest absolute Gasteiger partial charge is 0.481 e. The van der Waals surface area contributed by atoms with Gasteiger partial charge in [-0.25, -0.2) is 4.79 Å². The van der Waals surface area contributed by atoms with Crippen LogP contribution in [-0.4, -0.2) is 33.8 Å². The summed E-state index contributed by atoms with van der Waals surface area (Å²) in [5.41, 5.74) is 2.16. The van der Waals surface area contributed by atoms with Gasteiger partial charge in [0.15, 0.2) is 0 Å². The highest BCUT2D eigenvalue weighted by atomic mass is 16.4. The molecule has 4 N–H and O–H groups in total. The van der Waals surface area contributed by atoms with Gasteiger partial charge in [0.2, 0.25) is 0 Å². The van der Waals surface area contributed by atoms with Crippen LogP contribution in [0.3, 0.4) is 0 Å². The summed E-state index contributed by atoms with van der Waals surface area (Å²) in [5, 5.41) is 21.1. The molecule has 7 heteroatoms. The minimum absolute atomic E-state index is 0.0578. The van der Waals surface area contributed by atoms with Crippen LogP contribution in [0.25, 0.3) is 0 Å². The molecule has 0 aliphatic rings. The highest BCUT2D eigenvalue weighted by Gasteiger charge is 2.17. The quantitative estimate of drug-likeness (QED) is 0.619. The second-order valence-electron chi connectivity index (χ2n) is 5.74. The van der Waals surface area contributed by atoms with Crippen molar-refractivity contribution in [1.29, 1.82) is 0 Å². The summed E-state index contributed by atoms with van der Waals surface area (Å²) in [6.45, 7) is 8.03. The summed E-state index contributed by atoms with van der Waals surface area (Å²) in [6, 6.07) is -0.346. The van der Waals surface area contributed by atoms with Crippen LogP contribution < -0.4 is 10.6 Å². The number of rotatable bonds is 7. The summed E-state index contributed by atoms with van der Waals surface area (Å²) in [5.74, 6) is -0.526. The Kier molecular flexibility index (Phi) is 6.20. The molecule has 0 radical (unpaired) electrons. The van der Waals surface area contributed by atoms with Gasteiger partial charge >= 0.3 is 12.0 Å². The van der Waals surface area contributed by atoms with Crippen LogP contribution in [0.1, 0.15) is 38.1 Å². The number of nitrogens with zero attached hydrogens (tertiary/aromatic N) is 1. The molecule has 0 saturated heterocycles. The lowest BCUT2D eigenvalue weighted by Gasteiger charge is -2.18. The number of carboxylic acids is 1. The molecule has 118 valence electrons. The number of anilines is 1. The summed E-state index contributed by atoms with van der Waals surface area (Å²) in [7, 11) is 0. The normalized spacial score (nSPS) is 12.2. The Hall–Kier alpha value is -2.05. The lowest BCUT2D eigenvalue weighted by atomic mass is 9.94. The Labute approximate surface area is 124 Å². The van der Waals surface area contributed by atoms with E-state index in [0.29, 0.717) is 23.8 Å². The minimum Gasteiger partial charge on any atom is -0.481 e. The lowest BCUT2D eigenvalue weighted by molar-refractivity contribution is -0.138. The third kappa shape index (κ3) is 5.85. The van der Waals surface area contributed by atoms with E-state index < -0.39 is 5.97 Å². The van der Waals surface area contributed by atoms with E-state index in [4.69, 9.17) is 5.11 Å². The standard InChI is InChI=1S/C14H24N4O3/c1-8(2)5-11(6-12(19)20)7-15-14(21)16-13-9(3)17-18-10(13)4/h8,11H,5-7H2,1-4H3,(H,17,18)(H,19,20)(H2,15,16,21). The molecule has 1 aromatic heterocycles. The van der Waals surface area contributed by atoms with Crippen LogP contribution in [0.4, 0.5) is 10.5 Å². The van der Waals surface area contributed by atoms with Crippen LogP contribution in [0.5, 0.6) is 0 Å². The molecule has 0 bridgehead atoms. The van der Waals surface area contributed by atoms with Crippen molar-refractivity contribution in [2.45, 2.75) is 40.5 Å². The number of aromatic amines is 1. The van der Waals surface area contributed by atoms with Gasteiger partial charge in [0.05, 0.1) is 17.1 Å². The molecule has 0 fully saturated rings. The van der Waals surface area contributed by atoms with Gasteiger partial charge in [0, 0.05) is 13.0 Å². The van der Waals surface area contributed by atoms with E-state index in [9.17, 15) is 9.59 Å². The Balaban J connectivity index is 2.51. The predicted octanol–water partition coefficient (Wildman–Crippen LogP) is 2.29. The molecule has 7 nitrogen and oxygen atoms in total. The molecule has 0 spiro atoms. The SMILES string of the molecule is Cc1n[nH]c(C)c1NC(=O)NCC(CC(=O)O)CC(C)C. The molecular formula is C14H24N4O3. The van der Waals surface area contributed by atoms with E-state index in [1.54, 1.807) is 6.92 Å². The molecule has 0 aliphatic carbocycles. The van der Waals surface area contributed by atoms with Crippen molar-refractivity contribution in [3.05, 3.63) is 11.4 Å². The molecule has 1 aromatic rings. The van der Waals surface area contributed by atoms with Gasteiger partial charge in [0.1, 0.15) is 0 Å². The van der Waals surface area contributed by atoms with Crippen LogP contribution in [0.15, 0.2) is 0 Å². The zero-order valence-electron chi connectivity index (χ0n) is 13.0. The highest BCUT2D eigenvalue weighted by Crippen LogP contribution is 2.17. The second-order valence-corrected chi connectivity index (χ2v) is 5.74. The van der Waals surface area contributed by atoms with Crippen LogP contribution in [0, 0.1) is 25.7 Å². The Morgan fingerprint density at radius 3 is 2.48 bits per heavy atom. The fourth-order valence-corrected chi connectivity index (χ4v) is 2.28. The lowest BCUT2D eigenvalue weighted by Crippen LogP contribution is -2.34. The average Bonchev–Trinajstić information content (AvgIpc) is 2.66. The van der Waals surface area contributed by atoms with Gasteiger partial charge in [-0.2, -0.15) is 5.10 Å². The monoisotopic (exact) mass is 296 g/mol. The number of aliphatic carboxylic acids is 1. The van der Waals surface area contributed by atoms with Crippen LogP contribution in [-0.2, 0) is 4.79 Å². The van der Waals surface area contributed by atoms with Crippen molar-refractivity contribution in [2.24, 2.45) is 11.8 Å². The first-order chi connectivity index (χ1) is 9.79. The van der Waals surface area contributed by atoms with E-state index in [1.807, 2.05) is 20.8 Å². The van der Waals surface area contributed by atoms with Gasteiger partial charge < -0.3 is 15.7 Å². The number of H-pyrrole nitrogens is 1. The Morgan fingerprint density at radius 1 is 1.33 bits per heavy atom. The number of carbonyl (C=O) groups excluding carboxylic acids is 1. The number of urea groups is 1. The Morgan fingerprint density at radius 2 is 2.00 bits per heavy atom. The molecule has 21 heavy (non-hydrogen) atoms. The number of carboxylic acid groups (broad SMARTS) is 1. The van der Waals surface area contributed by atoms with Gasteiger partial charge in [-0.05, 0) is 32.1 Å². The van der Waals surface area contributed by atoms with Crippen LogP contribution >= 0.6 is 0 Å². The van der Waals surface area contributed by atoms with Crippen molar-refractivity contribution in [3.63, 3.8) is 0 Å². The maximum absolute atomic E-state index is 11.9. The average molecular weight is 296 g/mol. The fraction of sp³-hybridized carbons (Fsp3) is 0.643. The van der Waals surface area contributed by atoms with E-state index >= 15 is 0 Å². The molecule has 1 atom stereocenters. The maximum Gasteiger partial charge on any atom is 0.319 e. The van der Waals surface area contributed by atoms with Gasteiger partial charge in [-0.1, -0.05) is 13.8 Å². The molecule has 2 amide bonds. The van der Waals surface area contributed by atoms with E-state index in [0.717, 1.165) is 12.1 Å². The third-order valence-corrected chi connectivity index (χ3v) is 3.19. The third-order valence-electron chi connectivity index (χ3n) is 3.19. The first-order valence-corrected chi connectivity index (χ1v) is 7.07. The van der Waals surface area contributed by atoms with Gasteiger partial charge in [-0.15, -0.1) is 0 Å². The number of hydrogen-bond donors (Lipinski definition) is 4. The van der Waals surface area contributed by atoms with Crippen molar-refractivity contribution in [2.75, 3.05) is 11.9 Å². The number of aryl methyl sites for hydroxylation is 2. The molecule has 0 aromatic carbocycles. The van der Waals surface area contributed by atoms with Gasteiger partial charge in [-0.3, -0.25) is 9.89 Å². The van der Waals surface area contributed by atoms with E-state index in [1.165, 1.54) is 0 Å². The van der Waals surface area contributed by atoms with Crippen molar-refractivity contribution < 1.29 is 14.7 Å². The van der Waals surface area contributed by atoms with E-state index in [-0.39, 0.29) is 18.4 Å². The minimum atomic E-state index is -0.843. The fourth-order valence-electron chi connectivity index (χ4n) is 2.28. The smallest absolute Gasteiger partial charge is 0.319 e. The number of nitrogens with one attached hydrogen (secondary N) is 3. The zero-order chi connectivity index (χ0) is 16.0. The first-order valence-electron chi connectivity index (χ1n) is 7.07. The van der Waals surface area contributed by atoms with E-state index in [2.05, 4.69) is 20.8 Å².